The molecule has 3 heterocycles. The molecule has 0 saturated carbocycles. The van der Waals surface area contributed by atoms with Crippen molar-refractivity contribution in [3.8, 4) is 0 Å². The van der Waals surface area contributed by atoms with Gasteiger partial charge in [0.15, 0.2) is 0 Å². The lowest BCUT2D eigenvalue weighted by molar-refractivity contribution is -0.123. The van der Waals surface area contributed by atoms with Crippen LogP contribution in [0.5, 0.6) is 0 Å². The molecule has 9 heteroatoms. The first kappa shape index (κ1) is 20.1. The van der Waals surface area contributed by atoms with E-state index in [2.05, 4.69) is 20.2 Å². The van der Waals surface area contributed by atoms with Gasteiger partial charge in [0.25, 0.3) is 5.92 Å². The summed E-state index contributed by atoms with van der Waals surface area (Å²) in [5.74, 6) is -2.01. The van der Waals surface area contributed by atoms with Crippen LogP contribution < -0.4 is 10.6 Å². The number of imidazole rings is 1. The Hall–Kier alpha value is -0.920. The topological polar surface area (TPSA) is 59.0 Å². The van der Waals surface area contributed by atoms with Crippen LogP contribution in [0.2, 0.25) is 0 Å². The van der Waals surface area contributed by atoms with Crippen molar-refractivity contribution in [2.24, 2.45) is 0 Å². The molecule has 1 aromatic rings. The quantitative estimate of drug-likeness (QED) is 0.848. The van der Waals surface area contributed by atoms with Crippen LogP contribution in [0.3, 0.4) is 0 Å². The lowest BCUT2D eigenvalue weighted by atomic mass is 10.2. The maximum absolute atomic E-state index is 13.0. The number of nitrogens with one attached hydrogen (secondary N) is 2. The van der Waals surface area contributed by atoms with E-state index < -0.39 is 24.9 Å². The molecule has 1 fully saturated rings. The summed E-state index contributed by atoms with van der Waals surface area (Å²) in [6.07, 6.45) is 5.61. The second-order valence-corrected chi connectivity index (χ2v) is 5.83. The number of fused-ring (bicyclic) bond motifs is 1. The lowest BCUT2D eigenvalue weighted by Gasteiger charge is -2.11. The molecular formula is C14H22Cl2F2N4O. The molecule has 1 saturated heterocycles. The molecule has 2 N–H and O–H groups in total. The van der Waals surface area contributed by atoms with Gasteiger partial charge in [-0.05, 0) is 12.8 Å². The minimum atomic E-state index is -2.77. The predicted octanol–water partition coefficient (Wildman–Crippen LogP) is 1.72. The van der Waals surface area contributed by atoms with E-state index >= 15 is 0 Å². The molecule has 23 heavy (non-hydrogen) atoms. The molecular weight excluding hydrogens is 349 g/mol. The van der Waals surface area contributed by atoms with Gasteiger partial charge >= 0.3 is 0 Å². The maximum atomic E-state index is 13.0. The first-order valence-electron chi connectivity index (χ1n) is 7.47. The van der Waals surface area contributed by atoms with Crippen LogP contribution in [0.4, 0.5) is 8.78 Å². The molecule has 1 atom stereocenters. The first-order valence-corrected chi connectivity index (χ1v) is 7.47. The van der Waals surface area contributed by atoms with E-state index in [0.29, 0.717) is 13.0 Å². The summed E-state index contributed by atoms with van der Waals surface area (Å²) in [4.78, 5) is 16.3. The monoisotopic (exact) mass is 370 g/mol. The van der Waals surface area contributed by atoms with Gasteiger partial charge in [-0.1, -0.05) is 0 Å². The highest BCUT2D eigenvalue weighted by Crippen LogP contribution is 2.25. The summed E-state index contributed by atoms with van der Waals surface area (Å²) in [5.41, 5.74) is 0.955. The fourth-order valence-corrected chi connectivity index (χ4v) is 2.93. The van der Waals surface area contributed by atoms with Gasteiger partial charge in [0.2, 0.25) is 5.91 Å². The molecule has 2 aliphatic heterocycles. The molecule has 1 unspecified atom stereocenters. The standard InChI is InChI=1S/C14H20F2N4O.2ClH/c15-14(16)7-11(18-9-14)13(21)17-5-4-10-8-20-6-2-1-3-12(20)19-10;;/h8,11,18H,1-7,9H2,(H,17,21);2*1H. The second-order valence-electron chi connectivity index (χ2n) is 5.83. The smallest absolute Gasteiger partial charge is 0.262 e. The van der Waals surface area contributed by atoms with E-state index in [-0.39, 0.29) is 30.7 Å². The number of aryl methyl sites for hydroxylation is 2. The van der Waals surface area contributed by atoms with Crippen LogP contribution in [-0.4, -0.2) is 40.5 Å². The molecule has 0 aromatic carbocycles. The highest BCUT2D eigenvalue weighted by atomic mass is 35.5. The molecule has 5 nitrogen and oxygen atoms in total. The fourth-order valence-electron chi connectivity index (χ4n) is 2.93. The summed E-state index contributed by atoms with van der Waals surface area (Å²) < 4.78 is 28.2. The number of amides is 1. The summed E-state index contributed by atoms with van der Waals surface area (Å²) in [7, 11) is 0. The first-order chi connectivity index (χ1) is 10.0. The average Bonchev–Trinajstić information content (AvgIpc) is 3.01. The van der Waals surface area contributed by atoms with Crippen LogP contribution in [0.1, 0.15) is 30.8 Å². The zero-order chi connectivity index (χ0) is 14.9. The van der Waals surface area contributed by atoms with Gasteiger partial charge in [-0.15, -0.1) is 24.8 Å². The van der Waals surface area contributed by atoms with E-state index in [9.17, 15) is 13.6 Å². The van der Waals surface area contributed by atoms with E-state index in [1.807, 2.05) is 6.20 Å². The number of hydrogen-bond acceptors (Lipinski definition) is 3. The number of alkyl halides is 2. The third-order valence-electron chi connectivity index (χ3n) is 4.07. The molecule has 1 aromatic heterocycles. The largest absolute Gasteiger partial charge is 0.354 e. The number of carbonyl (C=O) groups excluding carboxylic acids is 1. The van der Waals surface area contributed by atoms with Crippen molar-refractivity contribution in [1.29, 1.82) is 0 Å². The van der Waals surface area contributed by atoms with Crippen molar-refractivity contribution in [3.05, 3.63) is 17.7 Å². The summed E-state index contributed by atoms with van der Waals surface area (Å²) in [6.45, 7) is 1.02. The van der Waals surface area contributed by atoms with Gasteiger partial charge < -0.3 is 9.88 Å². The molecule has 0 radical (unpaired) electrons. The Balaban J connectivity index is 0.00000132. The Morgan fingerprint density at radius 2 is 2.22 bits per heavy atom. The Bertz CT molecular complexity index is 515. The van der Waals surface area contributed by atoms with Crippen molar-refractivity contribution < 1.29 is 13.6 Å². The van der Waals surface area contributed by atoms with E-state index in [1.54, 1.807) is 0 Å². The number of rotatable bonds is 4. The third-order valence-corrected chi connectivity index (χ3v) is 4.07. The molecule has 0 spiro atoms. The van der Waals surface area contributed by atoms with Crippen molar-refractivity contribution in [2.75, 3.05) is 13.1 Å². The molecule has 3 rings (SSSR count). The summed E-state index contributed by atoms with van der Waals surface area (Å²) >= 11 is 0. The van der Waals surface area contributed by atoms with Gasteiger partial charge in [0, 0.05) is 38.5 Å². The summed E-state index contributed by atoms with van der Waals surface area (Å²) in [5, 5.41) is 5.26. The van der Waals surface area contributed by atoms with E-state index in [0.717, 1.165) is 24.5 Å². The molecule has 132 valence electrons. The van der Waals surface area contributed by atoms with Crippen molar-refractivity contribution >= 4 is 30.7 Å². The van der Waals surface area contributed by atoms with Gasteiger partial charge in [-0.2, -0.15) is 0 Å². The van der Waals surface area contributed by atoms with Crippen LogP contribution in [0.15, 0.2) is 6.20 Å². The van der Waals surface area contributed by atoms with Crippen molar-refractivity contribution in [2.45, 2.75) is 50.6 Å². The zero-order valence-electron chi connectivity index (χ0n) is 12.7. The number of carbonyl (C=O) groups is 1. The lowest BCUT2D eigenvalue weighted by Crippen LogP contribution is -2.41. The minimum absolute atomic E-state index is 0. The van der Waals surface area contributed by atoms with Crippen LogP contribution in [0.25, 0.3) is 0 Å². The summed E-state index contributed by atoms with van der Waals surface area (Å²) in [6, 6.07) is -0.782. The highest BCUT2D eigenvalue weighted by molar-refractivity contribution is 5.85. The predicted molar refractivity (Wildman–Crippen MR) is 87.7 cm³/mol. The number of halogens is 4. The molecule has 2 aliphatic rings. The Labute approximate surface area is 146 Å². The third kappa shape index (κ3) is 5.02. The normalized spacial score (nSPS) is 21.7. The number of hydrogen-bond donors (Lipinski definition) is 2. The van der Waals surface area contributed by atoms with Gasteiger partial charge in [0.05, 0.1) is 18.3 Å². The fraction of sp³-hybridized carbons (Fsp3) is 0.714. The SMILES string of the molecule is Cl.Cl.O=C(NCCc1cn2c(n1)CCCC2)C1CC(F)(F)CN1. The second kappa shape index (κ2) is 8.26. The van der Waals surface area contributed by atoms with Gasteiger partial charge in [0.1, 0.15) is 5.82 Å². The Morgan fingerprint density at radius 3 is 2.87 bits per heavy atom. The van der Waals surface area contributed by atoms with Gasteiger partial charge in [-0.25, -0.2) is 13.8 Å². The molecule has 0 bridgehead atoms. The highest BCUT2D eigenvalue weighted by Gasteiger charge is 2.42. The minimum Gasteiger partial charge on any atom is -0.354 e. The van der Waals surface area contributed by atoms with Crippen molar-refractivity contribution in [1.82, 2.24) is 20.2 Å². The van der Waals surface area contributed by atoms with Crippen LogP contribution in [-0.2, 0) is 24.2 Å². The zero-order valence-corrected chi connectivity index (χ0v) is 14.3. The van der Waals surface area contributed by atoms with Crippen molar-refractivity contribution in [3.63, 3.8) is 0 Å². The van der Waals surface area contributed by atoms with E-state index in [4.69, 9.17) is 0 Å². The molecule has 1 amide bonds. The average molecular weight is 371 g/mol. The number of nitrogens with zero attached hydrogens (tertiary/aromatic N) is 2. The molecule has 0 aliphatic carbocycles. The van der Waals surface area contributed by atoms with E-state index in [1.165, 1.54) is 12.8 Å². The van der Waals surface area contributed by atoms with Gasteiger partial charge in [-0.3, -0.25) is 10.1 Å². The maximum Gasteiger partial charge on any atom is 0.262 e. The van der Waals surface area contributed by atoms with Crippen LogP contribution >= 0.6 is 24.8 Å². The Morgan fingerprint density at radius 1 is 1.43 bits per heavy atom. The Kier molecular flexibility index (Phi) is 7.23. The van der Waals surface area contributed by atoms with Crippen LogP contribution in [0, 0.1) is 0 Å². The number of aromatic nitrogens is 2.